The summed E-state index contributed by atoms with van der Waals surface area (Å²) in [7, 11) is -7.25. The highest BCUT2D eigenvalue weighted by molar-refractivity contribution is 7.58. The third kappa shape index (κ3) is 9.85. The minimum atomic E-state index is -3.70. The van der Waals surface area contributed by atoms with Crippen molar-refractivity contribution in [2.45, 2.75) is 39.8 Å². The normalized spacial score (nSPS) is 12.6. The lowest BCUT2D eigenvalue weighted by Gasteiger charge is -2.29. The van der Waals surface area contributed by atoms with Gasteiger partial charge in [-0.3, -0.25) is 9.13 Å². The number of nitriles is 1. The molecule has 0 fully saturated rings. The van der Waals surface area contributed by atoms with Gasteiger partial charge in [-0.05, 0) is 57.5 Å². The van der Waals surface area contributed by atoms with E-state index in [2.05, 4.69) is 11.0 Å². The number of hydrogen-bond donors (Lipinski definition) is 0. The summed E-state index contributed by atoms with van der Waals surface area (Å²) in [5, 5.41) is 9.01. The van der Waals surface area contributed by atoms with Crippen LogP contribution in [0.5, 0.6) is 5.75 Å². The van der Waals surface area contributed by atoms with E-state index in [1.165, 1.54) is 0 Å². The fourth-order valence-electron chi connectivity index (χ4n) is 3.97. The van der Waals surface area contributed by atoms with Gasteiger partial charge in [-0.1, -0.05) is 30.3 Å². The molecule has 0 aliphatic heterocycles. The third-order valence-electron chi connectivity index (χ3n) is 5.56. The lowest BCUT2D eigenvalue weighted by molar-refractivity contribution is 0.203. The van der Waals surface area contributed by atoms with Crippen molar-refractivity contribution in [3.8, 4) is 11.8 Å². The van der Waals surface area contributed by atoms with Gasteiger partial charge in [0, 0.05) is 12.2 Å². The standard InChI is InChI=1S/C27H40N2O7P2/c1-5-33-37(30,34-6-2)23-27(38(31,35-7-3)36-8-4)24-15-17-26(18-16-24)32-22-21-29(20-12-19-28)25-13-10-9-11-14-25/h9-11,13-18,27H,5-8,12,20-23H2,1-4H3. The summed E-state index contributed by atoms with van der Waals surface area (Å²) in [6, 6.07) is 19.2. The van der Waals surface area contributed by atoms with Crippen LogP contribution in [0.3, 0.4) is 0 Å². The van der Waals surface area contributed by atoms with Gasteiger partial charge in [-0.15, -0.1) is 0 Å². The van der Waals surface area contributed by atoms with Gasteiger partial charge in [0.25, 0.3) is 0 Å². The predicted octanol–water partition coefficient (Wildman–Crippen LogP) is 7.06. The first-order valence-electron chi connectivity index (χ1n) is 13.0. The van der Waals surface area contributed by atoms with E-state index >= 15 is 0 Å². The monoisotopic (exact) mass is 566 g/mol. The van der Waals surface area contributed by atoms with Crippen LogP contribution in [0.2, 0.25) is 0 Å². The molecule has 2 rings (SSSR count). The van der Waals surface area contributed by atoms with Crippen molar-refractivity contribution in [1.82, 2.24) is 0 Å². The zero-order valence-corrected chi connectivity index (χ0v) is 24.6. The maximum absolute atomic E-state index is 13.8. The second-order valence-corrected chi connectivity index (χ2v) is 12.5. The molecule has 1 unspecified atom stereocenters. The van der Waals surface area contributed by atoms with Gasteiger partial charge >= 0.3 is 15.2 Å². The Hall–Kier alpha value is -2.17. The van der Waals surface area contributed by atoms with E-state index in [0.29, 0.717) is 37.4 Å². The van der Waals surface area contributed by atoms with Crippen LogP contribution in [0.1, 0.15) is 45.3 Å². The Kier molecular flexibility index (Phi) is 14.1. The molecule has 0 radical (unpaired) electrons. The van der Waals surface area contributed by atoms with Crippen molar-refractivity contribution in [3.05, 3.63) is 60.2 Å². The van der Waals surface area contributed by atoms with Crippen molar-refractivity contribution in [2.75, 3.05) is 57.2 Å². The van der Waals surface area contributed by atoms with E-state index in [-0.39, 0.29) is 32.6 Å². The molecule has 0 N–H and O–H groups in total. The molecule has 0 heterocycles. The molecule has 0 amide bonds. The Morgan fingerprint density at radius 3 is 1.92 bits per heavy atom. The number of ether oxygens (including phenoxy) is 1. The Morgan fingerprint density at radius 2 is 1.39 bits per heavy atom. The molecule has 38 heavy (non-hydrogen) atoms. The minimum Gasteiger partial charge on any atom is -0.492 e. The van der Waals surface area contributed by atoms with Crippen LogP contribution < -0.4 is 9.64 Å². The average Bonchev–Trinajstić information content (AvgIpc) is 2.91. The summed E-state index contributed by atoms with van der Waals surface area (Å²) in [6.45, 7) is 9.28. The number of rotatable bonds is 19. The molecular weight excluding hydrogens is 526 g/mol. The highest BCUT2D eigenvalue weighted by atomic mass is 31.2. The Balaban J connectivity index is 2.21. The Morgan fingerprint density at radius 1 is 0.816 bits per heavy atom. The Labute approximate surface area is 227 Å². The molecule has 2 aromatic carbocycles. The van der Waals surface area contributed by atoms with Crippen LogP contribution in [-0.4, -0.2) is 52.3 Å². The maximum Gasteiger partial charge on any atom is 0.338 e. The third-order valence-corrected chi connectivity index (χ3v) is 10.4. The summed E-state index contributed by atoms with van der Waals surface area (Å²) >= 11 is 0. The zero-order chi connectivity index (χ0) is 27.9. The first-order chi connectivity index (χ1) is 18.3. The van der Waals surface area contributed by atoms with Gasteiger partial charge in [-0.2, -0.15) is 5.26 Å². The summed E-state index contributed by atoms with van der Waals surface area (Å²) < 4.78 is 55.4. The molecule has 0 aliphatic carbocycles. The summed E-state index contributed by atoms with van der Waals surface area (Å²) in [5.41, 5.74) is 0.808. The predicted molar refractivity (Wildman–Crippen MR) is 150 cm³/mol. The van der Waals surface area contributed by atoms with Crippen molar-refractivity contribution in [1.29, 1.82) is 5.26 Å². The van der Waals surface area contributed by atoms with Crippen LogP contribution in [-0.2, 0) is 27.2 Å². The average molecular weight is 567 g/mol. The van der Waals surface area contributed by atoms with E-state index in [4.69, 9.17) is 28.1 Å². The van der Waals surface area contributed by atoms with E-state index in [1.54, 1.807) is 52.0 Å². The Bertz CT molecular complexity index is 1060. The van der Waals surface area contributed by atoms with Gasteiger partial charge in [0.05, 0.1) is 57.3 Å². The number of para-hydroxylation sites is 1. The van der Waals surface area contributed by atoms with Crippen LogP contribution in [0, 0.1) is 11.3 Å². The maximum atomic E-state index is 13.8. The van der Waals surface area contributed by atoms with E-state index in [9.17, 15) is 9.13 Å². The second-order valence-electron chi connectivity index (χ2n) is 8.17. The van der Waals surface area contributed by atoms with Crippen LogP contribution >= 0.6 is 15.2 Å². The number of anilines is 1. The summed E-state index contributed by atoms with van der Waals surface area (Å²) in [6.07, 6.45) is 0.273. The summed E-state index contributed by atoms with van der Waals surface area (Å²) in [4.78, 5) is 2.10. The highest BCUT2D eigenvalue weighted by Gasteiger charge is 2.43. The van der Waals surface area contributed by atoms with Crippen LogP contribution in [0.15, 0.2) is 54.6 Å². The number of hydrogen-bond acceptors (Lipinski definition) is 9. The quantitative estimate of drug-likeness (QED) is 0.165. The van der Waals surface area contributed by atoms with Crippen molar-refractivity contribution >= 4 is 20.9 Å². The van der Waals surface area contributed by atoms with Gasteiger partial charge in [0.1, 0.15) is 12.4 Å². The first-order valence-corrected chi connectivity index (χ1v) is 16.3. The fourth-order valence-corrected chi connectivity index (χ4v) is 8.76. The van der Waals surface area contributed by atoms with Gasteiger partial charge in [0.15, 0.2) is 0 Å². The molecule has 2 aromatic rings. The molecule has 0 spiro atoms. The van der Waals surface area contributed by atoms with Crippen LogP contribution in [0.4, 0.5) is 5.69 Å². The van der Waals surface area contributed by atoms with E-state index < -0.39 is 20.9 Å². The van der Waals surface area contributed by atoms with Gasteiger partial charge in [0.2, 0.25) is 0 Å². The number of nitrogens with zero attached hydrogens (tertiary/aromatic N) is 2. The smallest absolute Gasteiger partial charge is 0.338 e. The molecule has 0 aliphatic rings. The molecule has 9 nitrogen and oxygen atoms in total. The van der Waals surface area contributed by atoms with Crippen molar-refractivity contribution in [3.63, 3.8) is 0 Å². The second kappa shape index (κ2) is 16.7. The molecule has 1 atom stereocenters. The van der Waals surface area contributed by atoms with Gasteiger partial charge in [-0.25, -0.2) is 0 Å². The van der Waals surface area contributed by atoms with Gasteiger partial charge < -0.3 is 27.7 Å². The van der Waals surface area contributed by atoms with E-state index in [1.807, 2.05) is 30.3 Å². The zero-order valence-electron chi connectivity index (χ0n) is 22.8. The lowest BCUT2D eigenvalue weighted by atomic mass is 10.1. The summed E-state index contributed by atoms with van der Waals surface area (Å²) in [5.74, 6) is 0.626. The molecule has 0 saturated heterocycles. The highest BCUT2D eigenvalue weighted by Crippen LogP contribution is 2.66. The van der Waals surface area contributed by atoms with Crippen LogP contribution in [0.25, 0.3) is 0 Å². The molecule has 0 aromatic heterocycles. The largest absolute Gasteiger partial charge is 0.492 e. The minimum absolute atomic E-state index is 0.142. The molecule has 0 bridgehead atoms. The molecule has 0 saturated carbocycles. The SMILES string of the molecule is CCOP(=O)(CC(c1ccc(OCCN(CCC#N)c2ccccc2)cc1)P(=O)(OCC)OCC)OCC. The first kappa shape index (κ1) is 32.0. The fraction of sp³-hybridized carbons (Fsp3) is 0.519. The topological polar surface area (TPSA) is 107 Å². The molecule has 11 heteroatoms. The number of benzene rings is 2. The van der Waals surface area contributed by atoms with E-state index in [0.717, 1.165) is 5.69 Å². The van der Waals surface area contributed by atoms with Crippen molar-refractivity contribution < 1.29 is 32.0 Å². The molecule has 210 valence electrons. The molecular formula is C27H40N2O7P2. The lowest BCUT2D eigenvalue weighted by Crippen LogP contribution is -2.29. The van der Waals surface area contributed by atoms with Crippen molar-refractivity contribution in [2.24, 2.45) is 0 Å².